The molecule has 0 aliphatic carbocycles. The van der Waals surface area contributed by atoms with Gasteiger partial charge in [0, 0.05) is 12.1 Å². The van der Waals surface area contributed by atoms with E-state index >= 15 is 0 Å². The Kier molecular flexibility index (Phi) is 5.80. The first-order valence-electron chi connectivity index (χ1n) is 6.60. The maximum atomic E-state index is 12.2. The predicted octanol–water partition coefficient (Wildman–Crippen LogP) is 2.15. The van der Waals surface area contributed by atoms with E-state index in [1.165, 1.54) is 12.8 Å². The van der Waals surface area contributed by atoms with Gasteiger partial charge in [-0.05, 0) is 37.9 Å². The molecular formula is C13H26N2OS. The van der Waals surface area contributed by atoms with Crippen molar-refractivity contribution < 1.29 is 4.79 Å². The highest BCUT2D eigenvalue weighted by atomic mass is 32.2. The number of carbonyl (C=O) groups excluding carboxylic acids is 1. The van der Waals surface area contributed by atoms with Crippen molar-refractivity contribution in [3.63, 3.8) is 0 Å². The van der Waals surface area contributed by atoms with Crippen LogP contribution in [0.4, 0.5) is 0 Å². The molecule has 1 aliphatic heterocycles. The van der Waals surface area contributed by atoms with E-state index in [-0.39, 0.29) is 16.7 Å². The molecule has 100 valence electrons. The van der Waals surface area contributed by atoms with Crippen LogP contribution in [-0.4, -0.2) is 29.0 Å². The summed E-state index contributed by atoms with van der Waals surface area (Å²) in [7, 11) is 0. The fourth-order valence-electron chi connectivity index (χ4n) is 2.41. The summed E-state index contributed by atoms with van der Waals surface area (Å²) >= 11 is 1.79. The zero-order chi connectivity index (χ0) is 12.9. The molecule has 17 heavy (non-hydrogen) atoms. The second kappa shape index (κ2) is 6.64. The van der Waals surface area contributed by atoms with E-state index in [1.807, 2.05) is 0 Å². The molecule has 3 nitrogen and oxygen atoms in total. The minimum Gasteiger partial charge on any atom is -0.349 e. The predicted molar refractivity (Wildman–Crippen MR) is 75.2 cm³/mol. The van der Waals surface area contributed by atoms with Gasteiger partial charge in [-0.15, -0.1) is 11.8 Å². The Morgan fingerprint density at radius 2 is 2.24 bits per heavy atom. The molecule has 1 amide bonds. The summed E-state index contributed by atoms with van der Waals surface area (Å²) in [6.45, 7) is 6.89. The van der Waals surface area contributed by atoms with E-state index in [4.69, 9.17) is 5.73 Å². The van der Waals surface area contributed by atoms with Crippen LogP contribution in [-0.2, 0) is 4.79 Å². The molecule has 0 aromatic carbocycles. The van der Waals surface area contributed by atoms with Gasteiger partial charge in [0.15, 0.2) is 0 Å². The lowest BCUT2D eigenvalue weighted by molar-refractivity contribution is -0.122. The molecule has 4 heteroatoms. The highest BCUT2D eigenvalue weighted by molar-refractivity contribution is 8.00. The third kappa shape index (κ3) is 4.88. The second-order valence-electron chi connectivity index (χ2n) is 5.71. The van der Waals surface area contributed by atoms with Crippen molar-refractivity contribution >= 4 is 17.7 Å². The van der Waals surface area contributed by atoms with Crippen LogP contribution in [0.5, 0.6) is 0 Å². The third-order valence-corrected chi connectivity index (χ3v) is 4.58. The van der Waals surface area contributed by atoms with Crippen molar-refractivity contribution in [3.05, 3.63) is 0 Å². The normalized spacial score (nSPS) is 24.4. The maximum absolute atomic E-state index is 12.2. The molecule has 1 rings (SSSR count). The van der Waals surface area contributed by atoms with Gasteiger partial charge in [-0.1, -0.05) is 20.3 Å². The van der Waals surface area contributed by atoms with Crippen molar-refractivity contribution in [2.75, 3.05) is 12.3 Å². The first kappa shape index (κ1) is 14.8. The summed E-state index contributed by atoms with van der Waals surface area (Å²) in [5.74, 6) is 1.84. The summed E-state index contributed by atoms with van der Waals surface area (Å²) < 4.78 is 0. The van der Waals surface area contributed by atoms with Crippen molar-refractivity contribution in [2.45, 2.75) is 57.2 Å². The van der Waals surface area contributed by atoms with E-state index in [1.54, 1.807) is 11.8 Å². The molecule has 2 unspecified atom stereocenters. The standard InChI is InChI=1S/C13H26N2OS/c1-10(2)8-13(3,9-14)15-12(16)11-6-4-5-7-17-11/h10-11H,4-9,14H2,1-3H3,(H,15,16). The number of nitrogens with two attached hydrogens (primary N) is 1. The first-order chi connectivity index (χ1) is 7.97. The summed E-state index contributed by atoms with van der Waals surface area (Å²) in [5.41, 5.74) is 5.56. The minimum absolute atomic E-state index is 0.141. The molecule has 0 aromatic heterocycles. The Morgan fingerprint density at radius 3 is 2.71 bits per heavy atom. The SMILES string of the molecule is CC(C)CC(C)(CN)NC(=O)C1CCCCS1. The molecule has 0 radical (unpaired) electrons. The van der Waals surface area contributed by atoms with Gasteiger partial charge in [-0.3, -0.25) is 4.79 Å². The topological polar surface area (TPSA) is 55.1 Å². The first-order valence-corrected chi connectivity index (χ1v) is 7.65. The fraction of sp³-hybridized carbons (Fsp3) is 0.923. The Hall–Kier alpha value is -0.220. The van der Waals surface area contributed by atoms with Crippen LogP contribution in [0, 0.1) is 5.92 Å². The number of thioether (sulfide) groups is 1. The molecule has 0 spiro atoms. The Balaban J connectivity index is 2.51. The number of carbonyl (C=O) groups is 1. The van der Waals surface area contributed by atoms with Crippen LogP contribution in [0.2, 0.25) is 0 Å². The van der Waals surface area contributed by atoms with Crippen LogP contribution in [0.1, 0.15) is 46.5 Å². The highest BCUT2D eigenvalue weighted by Gasteiger charge is 2.30. The van der Waals surface area contributed by atoms with Crippen molar-refractivity contribution in [1.29, 1.82) is 0 Å². The highest BCUT2D eigenvalue weighted by Crippen LogP contribution is 2.26. The number of amides is 1. The minimum atomic E-state index is -0.247. The van der Waals surface area contributed by atoms with Gasteiger partial charge in [-0.2, -0.15) is 0 Å². The molecule has 3 N–H and O–H groups in total. The Bertz CT molecular complexity index is 252. The lowest BCUT2D eigenvalue weighted by Crippen LogP contribution is -2.54. The zero-order valence-electron chi connectivity index (χ0n) is 11.3. The molecule has 0 bridgehead atoms. The van der Waals surface area contributed by atoms with Gasteiger partial charge >= 0.3 is 0 Å². The summed E-state index contributed by atoms with van der Waals surface area (Å²) in [6, 6.07) is 0. The zero-order valence-corrected chi connectivity index (χ0v) is 12.1. The average molecular weight is 258 g/mol. The van der Waals surface area contributed by atoms with Gasteiger partial charge in [0.05, 0.1) is 5.25 Å². The van der Waals surface area contributed by atoms with Gasteiger partial charge in [-0.25, -0.2) is 0 Å². The number of nitrogens with one attached hydrogen (secondary N) is 1. The smallest absolute Gasteiger partial charge is 0.233 e. The monoisotopic (exact) mass is 258 g/mol. The largest absolute Gasteiger partial charge is 0.349 e. The fourth-order valence-corrected chi connectivity index (χ4v) is 3.61. The van der Waals surface area contributed by atoms with Crippen LogP contribution >= 0.6 is 11.8 Å². The van der Waals surface area contributed by atoms with Gasteiger partial charge in [0.2, 0.25) is 5.91 Å². The lowest BCUT2D eigenvalue weighted by atomic mass is 9.90. The Labute approximate surface area is 109 Å². The van der Waals surface area contributed by atoms with Crippen molar-refractivity contribution in [1.82, 2.24) is 5.32 Å². The number of hydrogen-bond acceptors (Lipinski definition) is 3. The second-order valence-corrected chi connectivity index (χ2v) is 7.02. The lowest BCUT2D eigenvalue weighted by Gasteiger charge is -2.33. The number of rotatable bonds is 5. The van der Waals surface area contributed by atoms with Gasteiger partial charge in [0.25, 0.3) is 0 Å². The molecule has 1 fully saturated rings. The van der Waals surface area contributed by atoms with E-state index in [9.17, 15) is 4.79 Å². The van der Waals surface area contributed by atoms with E-state index in [0.717, 1.165) is 18.6 Å². The van der Waals surface area contributed by atoms with Crippen molar-refractivity contribution in [2.24, 2.45) is 11.7 Å². The summed E-state index contributed by atoms with van der Waals surface area (Å²) in [5, 5.41) is 3.30. The summed E-state index contributed by atoms with van der Waals surface area (Å²) in [4.78, 5) is 12.2. The molecular weight excluding hydrogens is 232 g/mol. The van der Waals surface area contributed by atoms with Crippen LogP contribution in [0.15, 0.2) is 0 Å². The van der Waals surface area contributed by atoms with E-state index < -0.39 is 0 Å². The molecule has 0 aromatic rings. The molecule has 2 atom stereocenters. The van der Waals surface area contributed by atoms with Gasteiger partial charge in [0.1, 0.15) is 0 Å². The maximum Gasteiger partial charge on any atom is 0.233 e. The van der Waals surface area contributed by atoms with E-state index in [2.05, 4.69) is 26.1 Å². The summed E-state index contributed by atoms with van der Waals surface area (Å²) in [6.07, 6.45) is 4.37. The molecule has 1 heterocycles. The van der Waals surface area contributed by atoms with Crippen LogP contribution in [0.25, 0.3) is 0 Å². The Morgan fingerprint density at radius 1 is 1.53 bits per heavy atom. The molecule has 1 saturated heterocycles. The van der Waals surface area contributed by atoms with E-state index in [0.29, 0.717) is 12.5 Å². The molecule has 1 aliphatic rings. The quantitative estimate of drug-likeness (QED) is 0.794. The average Bonchev–Trinajstić information content (AvgIpc) is 2.29. The van der Waals surface area contributed by atoms with Crippen LogP contribution < -0.4 is 11.1 Å². The third-order valence-electron chi connectivity index (χ3n) is 3.21. The molecule has 0 saturated carbocycles. The van der Waals surface area contributed by atoms with Crippen molar-refractivity contribution in [3.8, 4) is 0 Å². The van der Waals surface area contributed by atoms with Gasteiger partial charge < -0.3 is 11.1 Å². The van der Waals surface area contributed by atoms with Crippen LogP contribution in [0.3, 0.4) is 0 Å². The number of hydrogen-bond donors (Lipinski definition) is 2.